The van der Waals surface area contributed by atoms with Gasteiger partial charge in [0.05, 0.1) is 0 Å². The van der Waals surface area contributed by atoms with Crippen LogP contribution in [0.4, 0.5) is 0 Å². The minimum Gasteiger partial charge on any atom is -0.480 e. The van der Waals surface area contributed by atoms with Gasteiger partial charge in [-0.25, -0.2) is 4.79 Å². The van der Waals surface area contributed by atoms with Crippen LogP contribution in [-0.4, -0.2) is 73.5 Å². The number of aliphatic carboxylic acids is 1. The number of carbonyl (C=O) groups is 2. The van der Waals surface area contributed by atoms with Gasteiger partial charge in [0, 0.05) is 31.2 Å². The van der Waals surface area contributed by atoms with Gasteiger partial charge in [0.15, 0.2) is 0 Å². The van der Waals surface area contributed by atoms with Crippen LogP contribution in [0.3, 0.4) is 0 Å². The summed E-state index contributed by atoms with van der Waals surface area (Å²) in [5.41, 5.74) is 4.63. The van der Waals surface area contributed by atoms with Crippen LogP contribution in [0.5, 0.6) is 0 Å². The van der Waals surface area contributed by atoms with Crippen molar-refractivity contribution in [1.29, 1.82) is 0 Å². The zero-order valence-corrected chi connectivity index (χ0v) is 26.5. The molecule has 1 saturated heterocycles. The number of benzene rings is 3. The number of aryl methyl sites for hydroxylation is 1. The maximum absolute atomic E-state index is 13.1. The Morgan fingerprint density at radius 3 is 2.15 bits per heavy atom. The lowest BCUT2D eigenvalue weighted by molar-refractivity contribution is -0.139. The lowest BCUT2D eigenvalue weighted by Crippen LogP contribution is -2.41. The second-order valence-corrected chi connectivity index (χ2v) is 11.6. The van der Waals surface area contributed by atoms with Crippen molar-refractivity contribution >= 4 is 35.4 Å². The summed E-state index contributed by atoms with van der Waals surface area (Å²) in [6, 6.07) is 23.4. The van der Waals surface area contributed by atoms with Gasteiger partial charge in [-0.3, -0.25) is 9.69 Å². The summed E-state index contributed by atoms with van der Waals surface area (Å²) in [7, 11) is 3.25. The van der Waals surface area contributed by atoms with E-state index in [9.17, 15) is 14.7 Å². The average molecular weight is 597 g/mol. The molecule has 0 aliphatic carbocycles. The molecule has 1 atom stereocenters. The highest BCUT2D eigenvalue weighted by Gasteiger charge is 2.23. The third-order valence-corrected chi connectivity index (χ3v) is 7.95. The van der Waals surface area contributed by atoms with Gasteiger partial charge in [-0.2, -0.15) is 11.8 Å². The van der Waals surface area contributed by atoms with Crippen molar-refractivity contribution in [1.82, 2.24) is 10.2 Å². The minimum absolute atomic E-state index is 0.338. The maximum Gasteiger partial charge on any atom is 0.326 e. The lowest BCUT2D eigenvalue weighted by Gasteiger charge is -2.19. The Bertz CT molecular complexity index is 1200. The van der Waals surface area contributed by atoms with Crippen LogP contribution < -0.4 is 5.32 Å². The van der Waals surface area contributed by atoms with Crippen molar-refractivity contribution in [2.24, 2.45) is 0 Å². The molecule has 8 heteroatoms. The number of nitrogens with one attached hydrogen (secondary N) is 1. The molecule has 6 nitrogen and oxygen atoms in total. The highest BCUT2D eigenvalue weighted by atomic mass is 32.2. The molecule has 1 aliphatic heterocycles. The molecule has 4 rings (SSSR count). The molecule has 41 heavy (non-hydrogen) atoms. The number of carboxylic acids is 1. The Morgan fingerprint density at radius 2 is 1.59 bits per heavy atom. The molecule has 0 aromatic heterocycles. The summed E-state index contributed by atoms with van der Waals surface area (Å²) in [5.74, 6) is -0.661. The Hall–Kier alpha value is -2.78. The summed E-state index contributed by atoms with van der Waals surface area (Å²) in [6.45, 7) is 5.12. The Labute approximate surface area is 254 Å². The van der Waals surface area contributed by atoms with Gasteiger partial charge >= 0.3 is 5.97 Å². The molecule has 3 aromatic carbocycles. The molecule has 1 aliphatic rings. The van der Waals surface area contributed by atoms with Gasteiger partial charge in [-0.05, 0) is 104 Å². The van der Waals surface area contributed by atoms with Crippen molar-refractivity contribution in [2.75, 3.05) is 45.6 Å². The van der Waals surface area contributed by atoms with Gasteiger partial charge in [0.25, 0.3) is 5.91 Å². The van der Waals surface area contributed by atoms with Crippen molar-refractivity contribution in [3.63, 3.8) is 0 Å². The van der Waals surface area contributed by atoms with Gasteiger partial charge < -0.3 is 15.2 Å². The third kappa shape index (κ3) is 11.9. The molecule has 1 fully saturated rings. The first-order valence-electron chi connectivity index (χ1n) is 13.8. The van der Waals surface area contributed by atoms with Crippen LogP contribution in [0, 0.1) is 6.92 Å². The number of amides is 1. The lowest BCUT2D eigenvalue weighted by atomic mass is 9.93. The highest BCUT2D eigenvalue weighted by Crippen LogP contribution is 2.29. The molecule has 3 aromatic rings. The fraction of sp³-hybridized carbons (Fsp3) is 0.394. The summed E-state index contributed by atoms with van der Waals surface area (Å²) >= 11 is 3.34. The number of carbonyl (C=O) groups excluding carboxylic acids is 1. The van der Waals surface area contributed by atoms with Crippen molar-refractivity contribution in [3.8, 4) is 11.1 Å². The monoisotopic (exact) mass is 596 g/mol. The van der Waals surface area contributed by atoms with Crippen LogP contribution in [0.2, 0.25) is 0 Å². The first kappa shape index (κ1) is 34.4. The molecule has 1 unspecified atom stereocenters. The number of hydrogen-bond donors (Lipinski definition) is 2. The van der Waals surface area contributed by atoms with Crippen LogP contribution in [-0.2, 0) is 16.1 Å². The van der Waals surface area contributed by atoms with E-state index in [1.807, 2.05) is 67.8 Å². The van der Waals surface area contributed by atoms with E-state index in [4.69, 9.17) is 0 Å². The molecule has 0 spiro atoms. The number of thioether (sulfide) groups is 2. The molecule has 0 radical (unpaired) electrons. The Morgan fingerprint density at radius 1 is 0.951 bits per heavy atom. The molecule has 1 amide bonds. The maximum atomic E-state index is 13.1. The second-order valence-electron chi connectivity index (χ2n) is 9.75. The second kappa shape index (κ2) is 19.4. The molecule has 1 heterocycles. The van der Waals surface area contributed by atoms with E-state index in [1.54, 1.807) is 37.7 Å². The predicted molar refractivity (Wildman–Crippen MR) is 174 cm³/mol. The molecule has 0 saturated carbocycles. The molecule has 222 valence electrons. The van der Waals surface area contributed by atoms with Crippen LogP contribution in [0.25, 0.3) is 11.1 Å². The number of methoxy groups -OCH3 is 1. The summed E-state index contributed by atoms with van der Waals surface area (Å²) < 4.78 is 4.25. The number of ether oxygens (including phenoxy) is 1. The molecular formula is C33H44N2O4S2. The predicted octanol–water partition coefficient (Wildman–Crippen LogP) is 6.87. The molecule has 2 N–H and O–H groups in total. The quantitative estimate of drug-likeness (QED) is 0.248. The first-order valence-corrected chi connectivity index (χ1v) is 16.4. The van der Waals surface area contributed by atoms with E-state index in [0.717, 1.165) is 36.3 Å². The van der Waals surface area contributed by atoms with E-state index in [-0.39, 0.29) is 5.91 Å². The fourth-order valence-corrected chi connectivity index (χ4v) is 5.37. The van der Waals surface area contributed by atoms with E-state index >= 15 is 0 Å². The largest absolute Gasteiger partial charge is 0.480 e. The number of nitrogens with zero attached hydrogens (tertiary/aromatic N) is 1. The van der Waals surface area contributed by atoms with Gasteiger partial charge in [-0.15, -0.1) is 11.8 Å². The zero-order valence-electron chi connectivity index (χ0n) is 24.9. The number of carboxylic acid groups (broad SMARTS) is 1. The van der Waals surface area contributed by atoms with Crippen LogP contribution in [0.15, 0.2) is 77.7 Å². The molecular weight excluding hydrogens is 553 g/mol. The smallest absolute Gasteiger partial charge is 0.326 e. The third-order valence-electron chi connectivity index (χ3n) is 6.56. The summed E-state index contributed by atoms with van der Waals surface area (Å²) in [5, 5.41) is 12.2. The number of hydrogen-bond acceptors (Lipinski definition) is 6. The van der Waals surface area contributed by atoms with Crippen molar-refractivity contribution in [3.05, 3.63) is 89.5 Å². The SMILES string of the molecule is COC.CSCCC(NC(=O)c1ccc(CN2CCCC2)cc1-c1ccccc1C)C(=O)O.CSc1ccccc1. The normalized spacial score (nSPS) is 13.3. The van der Waals surface area contributed by atoms with E-state index in [1.165, 1.54) is 23.3 Å². The summed E-state index contributed by atoms with van der Waals surface area (Å²) in [6.07, 6.45) is 6.87. The van der Waals surface area contributed by atoms with Crippen LogP contribution >= 0.6 is 23.5 Å². The standard InChI is InChI=1S/C24H30N2O3S.C7H8S.C2H6O/c1-17-7-3-4-8-19(17)21-15-18(16-26-12-5-6-13-26)9-10-20(21)23(27)25-22(24(28)29)11-14-30-2;1-8-7-5-3-2-4-6-7;1-3-2/h3-4,7-10,15,22H,5-6,11-14,16H2,1-2H3,(H,25,27)(H,28,29);2-6H,1H3;1-2H3. The van der Waals surface area contributed by atoms with Gasteiger partial charge in [0.1, 0.15) is 6.04 Å². The summed E-state index contributed by atoms with van der Waals surface area (Å²) in [4.78, 5) is 28.4. The van der Waals surface area contributed by atoms with E-state index < -0.39 is 12.0 Å². The van der Waals surface area contributed by atoms with Gasteiger partial charge in [0.2, 0.25) is 0 Å². The van der Waals surface area contributed by atoms with Crippen LogP contribution in [0.1, 0.15) is 40.7 Å². The van der Waals surface area contributed by atoms with E-state index in [0.29, 0.717) is 17.7 Å². The number of likely N-dealkylation sites (tertiary alicyclic amines) is 1. The van der Waals surface area contributed by atoms with Crippen molar-refractivity contribution < 1.29 is 19.4 Å². The first-order chi connectivity index (χ1) is 19.8. The minimum atomic E-state index is -1.000. The van der Waals surface area contributed by atoms with Gasteiger partial charge in [-0.1, -0.05) is 48.5 Å². The average Bonchev–Trinajstić information content (AvgIpc) is 3.49. The highest BCUT2D eigenvalue weighted by molar-refractivity contribution is 7.98. The molecule has 0 bridgehead atoms. The Balaban J connectivity index is 0.000000449. The van der Waals surface area contributed by atoms with E-state index in [2.05, 4.69) is 39.4 Å². The Kier molecular flexibility index (Phi) is 16.3. The number of rotatable bonds is 10. The van der Waals surface area contributed by atoms with Crippen molar-refractivity contribution in [2.45, 2.75) is 43.7 Å². The topological polar surface area (TPSA) is 78.9 Å². The fourth-order valence-electron chi connectivity index (χ4n) is 4.47. The zero-order chi connectivity index (χ0) is 30.0.